The third-order valence-corrected chi connectivity index (χ3v) is 34.3. The molecule has 0 bridgehead atoms. The smallest absolute Gasteiger partial charge is 0.172 e. The van der Waals surface area contributed by atoms with E-state index in [4.69, 9.17) is 69.8 Å². The van der Waals surface area contributed by atoms with Gasteiger partial charge < -0.3 is 0 Å². The Morgan fingerprint density at radius 3 is 0.880 bits per heavy atom. The first kappa shape index (κ1) is 75.7. The SMILES string of the molecule is BrBr.CCCCCCCCc1c(Br)sc2c1c1nsnc1c1c3sc(Br)c(CCCCCCCC)c3c3nsnc3c21.CCCCCCCCc1c(C)sc2c1c1nsnc1c1c3sc([Si](CC)(CC)CC)c(CCCCCCCC)c3c3nsnc3c21.ClC(Cl)Cl. The van der Waals surface area contributed by atoms with E-state index in [0.717, 1.165) is 69.8 Å². The van der Waals surface area contributed by atoms with Crippen LogP contribution in [0.4, 0.5) is 0 Å². The van der Waals surface area contributed by atoms with Gasteiger partial charge in [-0.2, -0.15) is 35.0 Å². The molecule has 0 saturated carbocycles. The highest BCUT2D eigenvalue weighted by Crippen LogP contribution is 2.53. The van der Waals surface area contributed by atoms with Gasteiger partial charge in [-0.25, -0.2) is 0 Å². The lowest BCUT2D eigenvalue weighted by Gasteiger charge is -2.28. The molecule has 0 atom stereocenters. The molecule has 500 valence electrons. The molecule has 8 aromatic heterocycles. The van der Waals surface area contributed by atoms with E-state index in [1.807, 2.05) is 34.0 Å². The molecule has 0 N–H and O–H groups in total. The molecule has 0 amide bonds. The molecule has 4 aromatic carbocycles. The van der Waals surface area contributed by atoms with Gasteiger partial charge in [-0.05, 0) is 117 Å². The minimum atomic E-state index is -1.65. The van der Waals surface area contributed by atoms with Crippen LogP contribution < -0.4 is 4.50 Å². The molecule has 0 aliphatic carbocycles. The fourth-order valence-corrected chi connectivity index (χ4v) is 28.5. The molecule has 12 aromatic rings. The summed E-state index contributed by atoms with van der Waals surface area (Å²) in [4.78, 5) is 1.44. The quantitative estimate of drug-likeness (QED) is 0.0233. The molecule has 0 aliphatic heterocycles. The van der Waals surface area contributed by atoms with Crippen molar-refractivity contribution in [2.75, 3.05) is 0 Å². The summed E-state index contributed by atoms with van der Waals surface area (Å²) in [5.74, 6) is 0. The van der Waals surface area contributed by atoms with Gasteiger partial charge in [-0.15, -0.1) is 45.3 Å². The van der Waals surface area contributed by atoms with Crippen LogP contribution in [0.25, 0.3) is 106 Å². The standard InChI is InChI=1S/C37H52N4S4Si.C30H34Br2N4S4.CHCl3.Br2/c1-7-12-14-16-18-20-22-25-24(6)42-35-27(25)31-34(41-44-38-31)30-29(35)33-32(39-45-40-33)28-26(23-21-19-17-15-13-8-2)37(43-36(28)30)46(9-3,10-4)11-5;1-3-5-7-9-11-13-15-17-19-23-25(35-39-33-23)22-21(27(19)37-29(17)31)26-24(34-40-36-26)20-18(30(32)38-28(20)22)16-14-12-10-8-6-4-2;2-1(3)4;1-2/h7-23H2,1-6H3;3-16H2,1-2H3;1H;. The fraction of sp³-hybridized carbons (Fsp3) is 0.588. The number of hydrogen-bond acceptors (Lipinski definition) is 16. The first-order valence-corrected chi connectivity index (χ1v) is 49.2. The number of aryl methyl sites for hydroxylation is 5. The Bertz CT molecular complexity index is 4190. The zero-order valence-electron chi connectivity index (χ0n) is 54.5. The van der Waals surface area contributed by atoms with Gasteiger partial charge in [0.25, 0.3) is 0 Å². The van der Waals surface area contributed by atoms with Crippen LogP contribution in [0.1, 0.15) is 230 Å². The van der Waals surface area contributed by atoms with E-state index in [-0.39, 0.29) is 0 Å². The summed E-state index contributed by atoms with van der Waals surface area (Å²) in [5.41, 5.74) is 14.5. The van der Waals surface area contributed by atoms with Crippen LogP contribution in [0.2, 0.25) is 18.1 Å². The van der Waals surface area contributed by atoms with Gasteiger partial charge in [0.15, 0.2) is 4.30 Å². The van der Waals surface area contributed by atoms with Gasteiger partial charge in [0.05, 0.1) is 62.6 Å². The van der Waals surface area contributed by atoms with Crippen molar-refractivity contribution in [3.63, 3.8) is 0 Å². The topological polar surface area (TPSA) is 103 Å². The molecule has 8 nitrogen and oxygen atoms in total. The number of rotatable bonds is 32. The number of halogens is 7. The second kappa shape index (κ2) is 37.3. The largest absolute Gasteiger partial charge is 0.180 e. The lowest BCUT2D eigenvalue weighted by Crippen LogP contribution is -2.45. The van der Waals surface area contributed by atoms with Crippen molar-refractivity contribution in [3.8, 4) is 0 Å². The van der Waals surface area contributed by atoms with E-state index in [2.05, 4.69) is 127 Å². The number of benzene rings is 4. The highest BCUT2D eigenvalue weighted by molar-refractivity contribution is 9.93. The van der Waals surface area contributed by atoms with Gasteiger partial charge in [-0.1, -0.05) is 230 Å². The first-order chi connectivity index (χ1) is 44.9. The van der Waals surface area contributed by atoms with Crippen LogP contribution in [0.3, 0.4) is 0 Å². The molecular weight excluding hydrogens is 1640 g/mol. The average molecular weight is 1730 g/mol. The van der Waals surface area contributed by atoms with Crippen molar-refractivity contribution in [1.82, 2.24) is 35.0 Å². The number of fused-ring (bicyclic) bond motifs is 22. The second-order valence-electron chi connectivity index (χ2n) is 24.6. The maximum atomic E-state index is 5.11. The maximum absolute atomic E-state index is 5.11. The van der Waals surface area contributed by atoms with Crippen LogP contribution >= 0.6 is 187 Å². The fourth-order valence-electron chi connectivity index (χ4n) is 14.0. The average Bonchev–Trinajstić information content (AvgIpc) is 1.52. The van der Waals surface area contributed by atoms with Crippen LogP contribution in [0.5, 0.6) is 0 Å². The van der Waals surface area contributed by atoms with E-state index in [0.29, 0.717) is 0 Å². The number of hydrogen-bond donors (Lipinski definition) is 0. The number of nitrogens with zero attached hydrogens (tertiary/aromatic N) is 8. The summed E-state index contributed by atoms with van der Waals surface area (Å²) in [6.07, 6.45) is 35.8. The van der Waals surface area contributed by atoms with Crippen molar-refractivity contribution in [1.29, 1.82) is 0 Å². The predicted molar refractivity (Wildman–Crippen MR) is 438 cm³/mol. The minimum Gasteiger partial charge on any atom is -0.172 e. The van der Waals surface area contributed by atoms with Gasteiger partial charge in [-0.3, -0.25) is 0 Å². The van der Waals surface area contributed by atoms with Crippen molar-refractivity contribution >= 4 is 306 Å². The van der Waals surface area contributed by atoms with E-state index in [1.165, 1.54) is 310 Å². The zero-order valence-corrected chi connectivity index (χ0v) is 70.6. The molecular formula is C68H87Br4Cl3N8S8Si. The molecule has 24 heteroatoms. The number of unbranched alkanes of at least 4 members (excludes halogenated alkanes) is 20. The number of thiophene rings is 4. The number of aromatic nitrogens is 8. The van der Waals surface area contributed by atoms with Gasteiger partial charge in [0.1, 0.15) is 44.1 Å². The van der Waals surface area contributed by atoms with Crippen molar-refractivity contribution in [3.05, 3.63) is 34.7 Å². The third-order valence-electron chi connectivity index (χ3n) is 19.0. The van der Waals surface area contributed by atoms with Gasteiger partial charge in [0.2, 0.25) is 0 Å². The minimum absolute atomic E-state index is 0.750. The highest BCUT2D eigenvalue weighted by Gasteiger charge is 2.37. The zero-order chi connectivity index (χ0) is 65.5. The van der Waals surface area contributed by atoms with Crippen LogP contribution in [-0.4, -0.2) is 47.4 Å². The Hall–Kier alpha value is -0.473. The van der Waals surface area contributed by atoms with Crippen molar-refractivity contribution in [2.45, 2.75) is 258 Å². The molecule has 0 spiro atoms. The second-order valence-corrected chi connectivity index (χ2v) is 41.1. The summed E-state index contributed by atoms with van der Waals surface area (Å²) in [5, 5.41) is 10.3. The van der Waals surface area contributed by atoms with Crippen LogP contribution in [0.15, 0.2) is 7.57 Å². The molecule has 0 fully saturated rings. The molecule has 92 heavy (non-hydrogen) atoms. The van der Waals surface area contributed by atoms with E-state index in [1.54, 1.807) is 10.1 Å². The summed E-state index contributed by atoms with van der Waals surface area (Å²) in [6.45, 7) is 18.9. The number of alkyl halides is 3. The Morgan fingerprint density at radius 2 is 0.565 bits per heavy atom. The van der Waals surface area contributed by atoms with Crippen LogP contribution in [-0.2, 0) is 25.7 Å². The highest BCUT2D eigenvalue weighted by atomic mass is 80.9. The molecule has 8 heterocycles. The Balaban J connectivity index is 0.000000202. The van der Waals surface area contributed by atoms with E-state index >= 15 is 0 Å². The summed E-state index contributed by atoms with van der Waals surface area (Å²) < 4.78 is 48.8. The van der Waals surface area contributed by atoms with Gasteiger partial charge in [0, 0.05) is 95.0 Å². The lowest BCUT2D eigenvalue weighted by atomic mass is 9.96. The van der Waals surface area contributed by atoms with Crippen molar-refractivity contribution in [2.24, 2.45) is 0 Å². The molecule has 0 unspecified atom stereocenters. The first-order valence-electron chi connectivity index (χ1n) is 33.7. The molecule has 12 rings (SSSR count). The molecule has 0 radical (unpaired) electrons. The summed E-state index contributed by atoms with van der Waals surface area (Å²) in [6, 6.07) is 3.91. The Morgan fingerprint density at radius 1 is 0.326 bits per heavy atom. The third kappa shape index (κ3) is 16.4. The van der Waals surface area contributed by atoms with Gasteiger partial charge >= 0.3 is 0 Å². The normalized spacial score (nSPS) is 12.2. The van der Waals surface area contributed by atoms with E-state index < -0.39 is 12.4 Å². The summed E-state index contributed by atoms with van der Waals surface area (Å²) >= 11 is 41.1. The molecule has 0 aliphatic rings. The van der Waals surface area contributed by atoms with Crippen molar-refractivity contribution < 1.29 is 0 Å². The van der Waals surface area contributed by atoms with Crippen LogP contribution in [0, 0.1) is 6.92 Å². The van der Waals surface area contributed by atoms with E-state index in [9.17, 15) is 0 Å². The Kier molecular flexibility index (Phi) is 30.7. The monoisotopic (exact) mass is 1720 g/mol. The maximum Gasteiger partial charge on any atom is 0.180 e. The lowest BCUT2D eigenvalue weighted by molar-refractivity contribution is 0.608. The molecule has 0 saturated heterocycles. The predicted octanol–water partition coefficient (Wildman–Crippen LogP) is 29.4. The summed E-state index contributed by atoms with van der Waals surface area (Å²) in [7, 11) is -1.65. The Labute approximate surface area is 625 Å².